The number of benzene rings is 1. The maximum Gasteiger partial charge on any atom is 0.228 e. The second-order valence-corrected chi connectivity index (χ2v) is 10.7. The molecule has 1 N–H and O–H groups in total. The van der Waals surface area contributed by atoms with Crippen LogP contribution in [0.15, 0.2) is 35.6 Å². The lowest BCUT2D eigenvalue weighted by molar-refractivity contribution is 0.340. The predicted octanol–water partition coefficient (Wildman–Crippen LogP) is 4.44. The Labute approximate surface area is 190 Å². The van der Waals surface area contributed by atoms with Gasteiger partial charge in [0.25, 0.3) is 0 Å². The van der Waals surface area contributed by atoms with Crippen LogP contribution in [0.25, 0.3) is 0 Å². The highest BCUT2D eigenvalue weighted by Crippen LogP contribution is 2.24. The van der Waals surface area contributed by atoms with Crippen molar-refractivity contribution in [3.63, 3.8) is 0 Å². The molecule has 0 saturated carbocycles. The smallest absolute Gasteiger partial charge is 0.228 e. The summed E-state index contributed by atoms with van der Waals surface area (Å²) in [5.41, 5.74) is 1.45. The van der Waals surface area contributed by atoms with Gasteiger partial charge in [0, 0.05) is 24.2 Å². The van der Waals surface area contributed by atoms with Gasteiger partial charge in [0.05, 0.1) is 24.2 Å². The van der Waals surface area contributed by atoms with Gasteiger partial charge in [-0.2, -0.15) is 0 Å². The number of aromatic nitrogens is 2. The van der Waals surface area contributed by atoms with E-state index in [1.165, 1.54) is 0 Å². The molecule has 9 heteroatoms. The van der Waals surface area contributed by atoms with Crippen LogP contribution in [0, 0.1) is 5.92 Å². The summed E-state index contributed by atoms with van der Waals surface area (Å²) in [6, 6.07) is 6.83. The van der Waals surface area contributed by atoms with Crippen molar-refractivity contribution in [3.05, 3.63) is 46.7 Å². The Bertz CT molecular complexity index is 971. The lowest BCUT2D eigenvalue weighted by atomic mass is 10.2. The number of thiocarbonyl (C=S) groups is 1. The van der Waals surface area contributed by atoms with E-state index in [4.69, 9.17) is 23.8 Å². The minimum Gasteiger partial charge on any atom is -0.363 e. The summed E-state index contributed by atoms with van der Waals surface area (Å²) in [5, 5.41) is 4.44. The molecule has 0 fully saturated rings. The number of hydrogen-bond donors (Lipinski definition) is 1. The molecule has 30 heavy (non-hydrogen) atoms. The first-order chi connectivity index (χ1) is 14.0. The molecule has 0 atom stereocenters. The van der Waals surface area contributed by atoms with Crippen molar-refractivity contribution in [3.8, 4) is 0 Å². The number of nitrogens with zero attached hydrogens (tertiary/aromatic N) is 3. The Morgan fingerprint density at radius 3 is 2.57 bits per heavy atom. The van der Waals surface area contributed by atoms with Crippen molar-refractivity contribution >= 4 is 38.8 Å². The summed E-state index contributed by atoms with van der Waals surface area (Å²) in [5.74, 6) is 0.255. The number of nitrogens with one attached hydrogen (secondary N) is 1. The van der Waals surface area contributed by atoms with Crippen molar-refractivity contribution in [2.45, 2.75) is 58.1 Å². The molecule has 0 amide bonds. The molecule has 1 aromatic carbocycles. The summed E-state index contributed by atoms with van der Waals surface area (Å²) in [7, 11) is -3.65. The van der Waals surface area contributed by atoms with E-state index in [0.29, 0.717) is 28.2 Å². The standard InChI is InChI=1S/C21H31ClN4O2S2/c1-6-23-20(29)25(12-15(2)3)13-19-11-24-21(26(19)16(4)5)30(27,28)14-17-8-7-9-18(22)10-17/h7-11,15-16H,6,12-14H2,1-5H3,(H,23,29). The third-order valence-electron chi connectivity index (χ3n) is 4.43. The fourth-order valence-electron chi connectivity index (χ4n) is 3.31. The molecular formula is C21H31ClN4O2S2. The number of rotatable bonds is 9. The molecule has 0 aliphatic rings. The van der Waals surface area contributed by atoms with Gasteiger partial charge in [0.1, 0.15) is 0 Å². The van der Waals surface area contributed by atoms with Crippen molar-refractivity contribution in [1.82, 2.24) is 19.8 Å². The topological polar surface area (TPSA) is 67.2 Å². The lowest BCUT2D eigenvalue weighted by Gasteiger charge is -2.28. The molecule has 2 rings (SSSR count). The molecule has 0 aliphatic carbocycles. The summed E-state index contributed by atoms with van der Waals surface area (Å²) in [4.78, 5) is 6.38. The van der Waals surface area contributed by atoms with Crippen LogP contribution in [0.5, 0.6) is 0 Å². The fraction of sp³-hybridized carbons (Fsp3) is 0.524. The fourth-order valence-corrected chi connectivity index (χ4v) is 5.39. The first-order valence-corrected chi connectivity index (χ1v) is 12.5. The van der Waals surface area contributed by atoms with Gasteiger partial charge in [-0.25, -0.2) is 13.4 Å². The van der Waals surface area contributed by atoms with Crippen LogP contribution < -0.4 is 5.32 Å². The average molecular weight is 471 g/mol. The van der Waals surface area contributed by atoms with E-state index in [1.807, 2.05) is 20.8 Å². The Morgan fingerprint density at radius 2 is 2.00 bits per heavy atom. The third-order valence-corrected chi connectivity index (χ3v) is 6.64. The molecule has 0 saturated heterocycles. The van der Waals surface area contributed by atoms with Gasteiger partial charge in [-0.1, -0.05) is 37.6 Å². The summed E-state index contributed by atoms with van der Waals surface area (Å²) < 4.78 is 28.1. The van der Waals surface area contributed by atoms with E-state index >= 15 is 0 Å². The van der Waals surface area contributed by atoms with Crippen molar-refractivity contribution in [2.75, 3.05) is 13.1 Å². The summed E-state index contributed by atoms with van der Waals surface area (Å²) >= 11 is 11.6. The van der Waals surface area contributed by atoms with Gasteiger partial charge < -0.3 is 14.8 Å². The average Bonchev–Trinajstić information content (AvgIpc) is 3.05. The molecule has 1 aromatic heterocycles. The summed E-state index contributed by atoms with van der Waals surface area (Å²) in [6.07, 6.45) is 1.65. The highest BCUT2D eigenvalue weighted by Gasteiger charge is 2.26. The quantitative estimate of drug-likeness (QED) is 0.546. The Kier molecular flexibility index (Phi) is 8.70. The van der Waals surface area contributed by atoms with Crippen LogP contribution in [0.3, 0.4) is 0 Å². The van der Waals surface area contributed by atoms with Gasteiger partial charge in [0.15, 0.2) is 5.11 Å². The molecular weight excluding hydrogens is 440 g/mol. The highest BCUT2D eigenvalue weighted by molar-refractivity contribution is 7.90. The van der Waals surface area contributed by atoms with Crippen LogP contribution in [0.4, 0.5) is 0 Å². The predicted molar refractivity (Wildman–Crippen MR) is 126 cm³/mol. The van der Waals surface area contributed by atoms with E-state index in [0.717, 1.165) is 18.8 Å². The largest absolute Gasteiger partial charge is 0.363 e. The highest BCUT2D eigenvalue weighted by atomic mass is 35.5. The molecule has 2 aromatic rings. The SMILES string of the molecule is CCNC(=S)N(Cc1cnc(S(=O)(=O)Cc2cccc(Cl)c2)n1C(C)C)CC(C)C. The minimum absolute atomic E-state index is 0.0692. The molecule has 1 heterocycles. The number of hydrogen-bond acceptors (Lipinski definition) is 4. The van der Waals surface area contributed by atoms with Crippen LogP contribution in [-0.4, -0.2) is 41.1 Å². The minimum atomic E-state index is -3.65. The van der Waals surface area contributed by atoms with Crippen LogP contribution in [-0.2, 0) is 22.1 Å². The molecule has 0 aliphatic heterocycles. The monoisotopic (exact) mass is 470 g/mol. The van der Waals surface area contributed by atoms with Crippen molar-refractivity contribution in [2.24, 2.45) is 5.92 Å². The number of imidazole rings is 1. The zero-order valence-corrected chi connectivity index (χ0v) is 20.6. The van der Waals surface area contributed by atoms with Gasteiger partial charge in [0.2, 0.25) is 15.0 Å². The van der Waals surface area contributed by atoms with E-state index in [-0.39, 0.29) is 17.0 Å². The number of sulfone groups is 1. The third kappa shape index (κ3) is 6.43. The van der Waals surface area contributed by atoms with Gasteiger partial charge in [-0.15, -0.1) is 0 Å². The van der Waals surface area contributed by atoms with Gasteiger partial charge >= 0.3 is 0 Å². The van der Waals surface area contributed by atoms with E-state index in [2.05, 4.69) is 29.0 Å². The Hall–Kier alpha value is -1.64. The van der Waals surface area contributed by atoms with Crippen LogP contribution in [0.2, 0.25) is 5.02 Å². The second kappa shape index (κ2) is 10.6. The zero-order chi connectivity index (χ0) is 22.5. The molecule has 0 unspecified atom stereocenters. The van der Waals surface area contributed by atoms with E-state index in [9.17, 15) is 8.42 Å². The van der Waals surface area contributed by atoms with Gasteiger partial charge in [-0.3, -0.25) is 0 Å². The van der Waals surface area contributed by atoms with Crippen LogP contribution >= 0.6 is 23.8 Å². The first kappa shape index (κ1) is 24.6. The molecule has 166 valence electrons. The zero-order valence-electron chi connectivity index (χ0n) is 18.2. The normalized spacial score (nSPS) is 11.9. The Balaban J connectivity index is 2.38. The van der Waals surface area contributed by atoms with Gasteiger partial charge in [-0.05, 0) is 56.6 Å². The van der Waals surface area contributed by atoms with Crippen molar-refractivity contribution in [1.29, 1.82) is 0 Å². The number of halogens is 1. The Morgan fingerprint density at radius 1 is 1.30 bits per heavy atom. The second-order valence-electron chi connectivity index (χ2n) is 7.99. The molecule has 0 spiro atoms. The lowest BCUT2D eigenvalue weighted by Crippen LogP contribution is -2.41. The first-order valence-electron chi connectivity index (χ1n) is 10.1. The van der Waals surface area contributed by atoms with E-state index in [1.54, 1.807) is 35.0 Å². The van der Waals surface area contributed by atoms with E-state index < -0.39 is 9.84 Å². The molecule has 0 bridgehead atoms. The molecule has 6 nitrogen and oxygen atoms in total. The van der Waals surface area contributed by atoms with Crippen molar-refractivity contribution < 1.29 is 8.42 Å². The maximum atomic E-state index is 13.2. The summed E-state index contributed by atoms with van der Waals surface area (Å²) in [6.45, 7) is 12.2. The maximum absolute atomic E-state index is 13.2. The molecule has 0 radical (unpaired) electrons. The van der Waals surface area contributed by atoms with Crippen LogP contribution in [0.1, 0.15) is 51.9 Å².